The van der Waals surface area contributed by atoms with Crippen molar-refractivity contribution in [1.29, 1.82) is 0 Å². The van der Waals surface area contributed by atoms with Gasteiger partial charge in [0.15, 0.2) is 0 Å². The van der Waals surface area contributed by atoms with Gasteiger partial charge in [-0.2, -0.15) is 0 Å². The van der Waals surface area contributed by atoms with Gasteiger partial charge in [-0.05, 0) is 56.4 Å². The van der Waals surface area contributed by atoms with E-state index < -0.39 is 0 Å². The standard InChI is InChI=1S/C16H23BrN2O2/c1-11-10-12(17)2-7-15(11)16(20)19-8-9-21-14-5-3-13(18)4-6-14/h2,7,10,13-14H,3-6,8-9,18H2,1H3,(H,19,20). The molecule has 3 N–H and O–H groups in total. The summed E-state index contributed by atoms with van der Waals surface area (Å²) in [4.78, 5) is 12.1. The molecule has 0 aliphatic heterocycles. The third-order valence-corrected chi connectivity index (χ3v) is 4.39. The Balaban J connectivity index is 1.69. The van der Waals surface area contributed by atoms with Gasteiger partial charge in [-0.15, -0.1) is 0 Å². The molecule has 1 aliphatic carbocycles. The quantitative estimate of drug-likeness (QED) is 0.799. The summed E-state index contributed by atoms with van der Waals surface area (Å²) in [6.07, 6.45) is 4.43. The number of ether oxygens (including phenoxy) is 1. The number of amides is 1. The molecule has 116 valence electrons. The number of halogens is 1. The minimum absolute atomic E-state index is 0.0470. The molecule has 0 bridgehead atoms. The molecular formula is C16H23BrN2O2. The molecule has 0 saturated heterocycles. The number of aryl methyl sites for hydroxylation is 1. The van der Waals surface area contributed by atoms with Crippen LogP contribution in [0.2, 0.25) is 0 Å². The highest BCUT2D eigenvalue weighted by atomic mass is 79.9. The van der Waals surface area contributed by atoms with Crippen LogP contribution in [0.1, 0.15) is 41.6 Å². The highest BCUT2D eigenvalue weighted by Crippen LogP contribution is 2.19. The van der Waals surface area contributed by atoms with Gasteiger partial charge in [0.25, 0.3) is 5.91 Å². The largest absolute Gasteiger partial charge is 0.376 e. The number of carbonyl (C=O) groups is 1. The molecule has 0 aromatic heterocycles. The lowest BCUT2D eigenvalue weighted by molar-refractivity contribution is 0.0267. The molecule has 1 aromatic carbocycles. The lowest BCUT2D eigenvalue weighted by Crippen LogP contribution is -2.33. The zero-order valence-electron chi connectivity index (χ0n) is 12.4. The Morgan fingerprint density at radius 1 is 1.38 bits per heavy atom. The van der Waals surface area contributed by atoms with Crippen LogP contribution in [0.3, 0.4) is 0 Å². The summed E-state index contributed by atoms with van der Waals surface area (Å²) in [6.45, 7) is 3.03. The number of rotatable bonds is 5. The Hall–Kier alpha value is -0.910. The smallest absolute Gasteiger partial charge is 0.251 e. The van der Waals surface area contributed by atoms with Crippen molar-refractivity contribution in [1.82, 2.24) is 5.32 Å². The molecule has 5 heteroatoms. The third kappa shape index (κ3) is 5.09. The third-order valence-electron chi connectivity index (χ3n) is 3.89. The number of benzene rings is 1. The minimum atomic E-state index is -0.0470. The van der Waals surface area contributed by atoms with E-state index in [9.17, 15) is 4.79 Å². The second-order valence-corrected chi connectivity index (χ2v) is 6.54. The minimum Gasteiger partial charge on any atom is -0.376 e. The summed E-state index contributed by atoms with van der Waals surface area (Å²) in [5, 5.41) is 2.90. The second kappa shape index (κ2) is 7.92. The maximum Gasteiger partial charge on any atom is 0.251 e. The van der Waals surface area contributed by atoms with Crippen LogP contribution in [0.15, 0.2) is 22.7 Å². The van der Waals surface area contributed by atoms with E-state index in [1.165, 1.54) is 0 Å². The Morgan fingerprint density at radius 2 is 2.10 bits per heavy atom. The Bertz CT molecular complexity index is 485. The lowest BCUT2D eigenvalue weighted by Gasteiger charge is -2.26. The van der Waals surface area contributed by atoms with Crippen LogP contribution in [0, 0.1) is 6.92 Å². The Labute approximate surface area is 134 Å². The van der Waals surface area contributed by atoms with Crippen molar-refractivity contribution in [3.8, 4) is 0 Å². The van der Waals surface area contributed by atoms with Gasteiger partial charge in [0.05, 0.1) is 12.7 Å². The fourth-order valence-corrected chi connectivity index (χ4v) is 3.10. The SMILES string of the molecule is Cc1cc(Br)ccc1C(=O)NCCOC1CCC(N)CC1. The van der Waals surface area contributed by atoms with Crippen molar-refractivity contribution in [2.24, 2.45) is 5.73 Å². The van der Waals surface area contributed by atoms with Gasteiger partial charge in [-0.3, -0.25) is 4.79 Å². The molecule has 1 aromatic rings. The molecule has 0 atom stereocenters. The van der Waals surface area contributed by atoms with Gasteiger partial charge in [-0.1, -0.05) is 15.9 Å². The number of carbonyl (C=O) groups excluding carboxylic acids is 1. The maximum absolute atomic E-state index is 12.1. The molecule has 1 saturated carbocycles. The lowest BCUT2D eigenvalue weighted by atomic mass is 9.94. The fourth-order valence-electron chi connectivity index (χ4n) is 2.62. The topological polar surface area (TPSA) is 64.3 Å². The van der Waals surface area contributed by atoms with Gasteiger partial charge >= 0.3 is 0 Å². The van der Waals surface area contributed by atoms with Crippen LogP contribution in [0.25, 0.3) is 0 Å². The molecule has 2 rings (SSSR count). The van der Waals surface area contributed by atoms with Gasteiger partial charge < -0.3 is 15.8 Å². The van der Waals surface area contributed by atoms with Crippen molar-refractivity contribution in [3.05, 3.63) is 33.8 Å². The molecule has 4 nitrogen and oxygen atoms in total. The van der Waals surface area contributed by atoms with Crippen LogP contribution in [0.5, 0.6) is 0 Å². The van der Waals surface area contributed by atoms with Crippen LogP contribution in [0.4, 0.5) is 0 Å². The summed E-state index contributed by atoms with van der Waals surface area (Å²) < 4.78 is 6.77. The summed E-state index contributed by atoms with van der Waals surface area (Å²) in [5.74, 6) is -0.0470. The van der Waals surface area contributed by atoms with E-state index in [0.29, 0.717) is 30.9 Å². The van der Waals surface area contributed by atoms with Crippen molar-refractivity contribution in [2.75, 3.05) is 13.2 Å². The first-order valence-electron chi connectivity index (χ1n) is 7.48. The van der Waals surface area contributed by atoms with Crippen molar-refractivity contribution in [3.63, 3.8) is 0 Å². The fraction of sp³-hybridized carbons (Fsp3) is 0.562. The van der Waals surface area contributed by atoms with Crippen LogP contribution in [-0.4, -0.2) is 31.2 Å². The first-order valence-corrected chi connectivity index (χ1v) is 8.27. The highest BCUT2D eigenvalue weighted by Gasteiger charge is 2.18. The van der Waals surface area contributed by atoms with Crippen LogP contribution < -0.4 is 11.1 Å². The van der Waals surface area contributed by atoms with Crippen molar-refractivity contribution < 1.29 is 9.53 Å². The van der Waals surface area contributed by atoms with Crippen LogP contribution >= 0.6 is 15.9 Å². The zero-order chi connectivity index (χ0) is 15.2. The number of hydrogen-bond donors (Lipinski definition) is 2. The molecule has 0 spiro atoms. The zero-order valence-corrected chi connectivity index (χ0v) is 14.0. The van der Waals surface area contributed by atoms with E-state index in [1.54, 1.807) is 0 Å². The van der Waals surface area contributed by atoms with E-state index in [-0.39, 0.29) is 5.91 Å². The molecule has 0 radical (unpaired) electrons. The highest BCUT2D eigenvalue weighted by molar-refractivity contribution is 9.10. The number of nitrogens with one attached hydrogen (secondary N) is 1. The summed E-state index contributed by atoms with van der Waals surface area (Å²) >= 11 is 3.40. The molecule has 1 fully saturated rings. The predicted molar refractivity (Wildman–Crippen MR) is 87.4 cm³/mol. The average Bonchev–Trinajstić information content (AvgIpc) is 2.45. The summed E-state index contributed by atoms with van der Waals surface area (Å²) in [5.41, 5.74) is 7.54. The van der Waals surface area contributed by atoms with Crippen molar-refractivity contribution in [2.45, 2.75) is 44.8 Å². The Morgan fingerprint density at radius 3 is 2.76 bits per heavy atom. The molecule has 21 heavy (non-hydrogen) atoms. The summed E-state index contributed by atoms with van der Waals surface area (Å²) in [6, 6.07) is 5.99. The molecular weight excluding hydrogens is 332 g/mol. The van der Waals surface area contributed by atoms with Crippen molar-refractivity contribution >= 4 is 21.8 Å². The van der Waals surface area contributed by atoms with Gasteiger partial charge in [0, 0.05) is 22.6 Å². The maximum atomic E-state index is 12.1. The average molecular weight is 355 g/mol. The van der Waals surface area contributed by atoms with Gasteiger partial charge in [-0.25, -0.2) is 0 Å². The second-order valence-electron chi connectivity index (χ2n) is 5.62. The molecule has 1 amide bonds. The van der Waals surface area contributed by atoms with E-state index >= 15 is 0 Å². The Kier molecular flexibility index (Phi) is 6.21. The first-order chi connectivity index (χ1) is 10.1. The first kappa shape index (κ1) is 16.5. The monoisotopic (exact) mass is 354 g/mol. The van der Waals surface area contributed by atoms with E-state index in [1.807, 2.05) is 25.1 Å². The summed E-state index contributed by atoms with van der Waals surface area (Å²) in [7, 11) is 0. The van der Waals surface area contributed by atoms with E-state index in [0.717, 1.165) is 35.7 Å². The number of nitrogens with two attached hydrogens (primary N) is 1. The predicted octanol–water partition coefficient (Wildman–Crippen LogP) is 2.77. The van der Waals surface area contributed by atoms with E-state index in [2.05, 4.69) is 21.2 Å². The van der Waals surface area contributed by atoms with Gasteiger partial charge in [0.1, 0.15) is 0 Å². The van der Waals surface area contributed by atoms with E-state index in [4.69, 9.17) is 10.5 Å². The molecule has 0 unspecified atom stereocenters. The number of hydrogen-bond acceptors (Lipinski definition) is 3. The molecule has 0 heterocycles. The normalized spacial score (nSPS) is 22.0. The van der Waals surface area contributed by atoms with Crippen LogP contribution in [-0.2, 0) is 4.74 Å². The van der Waals surface area contributed by atoms with Gasteiger partial charge in [0.2, 0.25) is 0 Å². The molecule has 1 aliphatic rings.